The fourth-order valence-corrected chi connectivity index (χ4v) is 2.76. The number of ether oxygens (including phenoxy) is 2. The molecule has 0 saturated heterocycles. The Kier molecular flexibility index (Phi) is 7.13. The highest BCUT2D eigenvalue weighted by Gasteiger charge is 2.16. The zero-order valence-corrected chi connectivity index (χ0v) is 15.5. The largest absolute Gasteiger partial charge is 0.496 e. The second-order valence-electron chi connectivity index (χ2n) is 6.36. The number of hydrogen-bond acceptors (Lipinski definition) is 3. The van der Waals surface area contributed by atoms with E-state index in [9.17, 15) is 4.79 Å². The van der Waals surface area contributed by atoms with E-state index in [1.807, 2.05) is 31.3 Å². The number of hydrogen-bond donors (Lipinski definition) is 3. The van der Waals surface area contributed by atoms with Crippen LogP contribution in [0.25, 0.3) is 10.9 Å². The van der Waals surface area contributed by atoms with Gasteiger partial charge in [-0.1, -0.05) is 19.9 Å². The highest BCUT2D eigenvalue weighted by molar-refractivity contribution is 5.89. The fraction of sp³-hybridized carbons (Fsp3) is 0.526. The summed E-state index contributed by atoms with van der Waals surface area (Å²) in [6, 6.07) is 5.76. The number of H-pyrrole nitrogens is 1. The third-order valence-electron chi connectivity index (χ3n) is 4.27. The summed E-state index contributed by atoms with van der Waals surface area (Å²) in [4.78, 5) is 15.4. The van der Waals surface area contributed by atoms with Gasteiger partial charge in [-0.2, -0.15) is 0 Å². The Hall–Kier alpha value is -2.21. The van der Waals surface area contributed by atoms with E-state index in [-0.39, 0.29) is 12.1 Å². The predicted octanol–water partition coefficient (Wildman–Crippen LogP) is 3.08. The van der Waals surface area contributed by atoms with Crippen molar-refractivity contribution in [2.45, 2.75) is 33.2 Å². The SMILES string of the molecule is CCOC[C@@H](NC(=O)NCCc1c[nH]c2cccc(OC)c12)C(C)C. The molecule has 0 saturated carbocycles. The number of carbonyl (C=O) groups excluding carboxylic acids is 1. The van der Waals surface area contributed by atoms with Crippen LogP contribution in [0.1, 0.15) is 26.3 Å². The summed E-state index contributed by atoms with van der Waals surface area (Å²) >= 11 is 0. The highest BCUT2D eigenvalue weighted by atomic mass is 16.5. The molecule has 2 aromatic rings. The average Bonchev–Trinajstić information content (AvgIpc) is 3.01. The molecule has 2 rings (SSSR count). The number of fused-ring (bicyclic) bond motifs is 1. The van der Waals surface area contributed by atoms with E-state index >= 15 is 0 Å². The lowest BCUT2D eigenvalue weighted by Crippen LogP contribution is -2.47. The Morgan fingerprint density at radius 1 is 1.32 bits per heavy atom. The Labute approximate surface area is 149 Å². The Morgan fingerprint density at radius 3 is 2.80 bits per heavy atom. The summed E-state index contributed by atoms with van der Waals surface area (Å²) < 4.78 is 10.9. The van der Waals surface area contributed by atoms with E-state index in [0.717, 1.165) is 28.6 Å². The van der Waals surface area contributed by atoms with Gasteiger partial charge in [-0.15, -0.1) is 0 Å². The van der Waals surface area contributed by atoms with Gasteiger partial charge in [0.25, 0.3) is 0 Å². The fourth-order valence-electron chi connectivity index (χ4n) is 2.76. The monoisotopic (exact) mass is 347 g/mol. The number of rotatable bonds is 9. The summed E-state index contributed by atoms with van der Waals surface area (Å²) in [7, 11) is 1.67. The minimum atomic E-state index is -0.162. The second-order valence-corrected chi connectivity index (χ2v) is 6.36. The molecule has 0 fully saturated rings. The highest BCUT2D eigenvalue weighted by Crippen LogP contribution is 2.28. The molecule has 3 N–H and O–H groups in total. The summed E-state index contributed by atoms with van der Waals surface area (Å²) in [5, 5.41) is 6.98. The Balaban J connectivity index is 1.89. The number of methoxy groups -OCH3 is 1. The molecule has 0 unspecified atom stereocenters. The number of amides is 2. The first-order chi connectivity index (χ1) is 12.1. The van der Waals surface area contributed by atoms with Crippen molar-refractivity contribution in [2.75, 3.05) is 26.9 Å². The van der Waals surface area contributed by atoms with E-state index in [0.29, 0.717) is 25.7 Å². The van der Waals surface area contributed by atoms with Crippen LogP contribution < -0.4 is 15.4 Å². The quantitative estimate of drug-likeness (QED) is 0.652. The third kappa shape index (κ3) is 5.13. The van der Waals surface area contributed by atoms with Crippen molar-refractivity contribution >= 4 is 16.9 Å². The number of benzene rings is 1. The topological polar surface area (TPSA) is 75.4 Å². The molecule has 2 amide bonds. The molecule has 6 heteroatoms. The Bertz CT molecular complexity index is 682. The van der Waals surface area contributed by atoms with Crippen molar-refractivity contribution in [1.29, 1.82) is 0 Å². The molecule has 25 heavy (non-hydrogen) atoms. The number of urea groups is 1. The van der Waals surface area contributed by atoms with Crippen molar-refractivity contribution in [3.05, 3.63) is 30.0 Å². The molecule has 1 aromatic carbocycles. The zero-order valence-electron chi connectivity index (χ0n) is 15.5. The summed E-state index contributed by atoms with van der Waals surface area (Å²) in [6.45, 7) is 7.82. The maximum atomic E-state index is 12.1. The lowest BCUT2D eigenvalue weighted by atomic mass is 10.1. The van der Waals surface area contributed by atoms with Crippen molar-refractivity contribution in [1.82, 2.24) is 15.6 Å². The lowest BCUT2D eigenvalue weighted by molar-refractivity contribution is 0.110. The first kappa shape index (κ1) is 19.1. The molecule has 0 aliphatic carbocycles. The van der Waals surface area contributed by atoms with Gasteiger partial charge in [0.05, 0.1) is 19.8 Å². The number of carbonyl (C=O) groups is 1. The first-order valence-corrected chi connectivity index (χ1v) is 8.81. The van der Waals surface area contributed by atoms with Crippen LogP contribution in [0.5, 0.6) is 5.75 Å². The molecular formula is C19H29N3O3. The van der Waals surface area contributed by atoms with Crippen molar-refractivity contribution in [3.8, 4) is 5.75 Å². The third-order valence-corrected chi connectivity index (χ3v) is 4.27. The molecule has 6 nitrogen and oxygen atoms in total. The van der Waals surface area contributed by atoms with Gasteiger partial charge in [0.15, 0.2) is 0 Å². The average molecular weight is 347 g/mol. The molecule has 138 valence electrons. The second kappa shape index (κ2) is 9.32. The zero-order chi connectivity index (χ0) is 18.2. The first-order valence-electron chi connectivity index (χ1n) is 8.81. The number of nitrogens with one attached hydrogen (secondary N) is 3. The van der Waals surface area contributed by atoms with Gasteiger partial charge in [-0.05, 0) is 37.0 Å². The lowest BCUT2D eigenvalue weighted by Gasteiger charge is -2.22. The van der Waals surface area contributed by atoms with E-state index < -0.39 is 0 Å². The van der Waals surface area contributed by atoms with E-state index in [2.05, 4.69) is 29.5 Å². The number of aromatic amines is 1. The summed E-state index contributed by atoms with van der Waals surface area (Å²) in [6.07, 6.45) is 2.70. The van der Waals surface area contributed by atoms with Crippen molar-refractivity contribution in [2.24, 2.45) is 5.92 Å². The molecule has 1 atom stereocenters. The summed E-state index contributed by atoms with van der Waals surface area (Å²) in [5.74, 6) is 1.16. The molecule has 1 aromatic heterocycles. The van der Waals surface area contributed by atoms with Crippen LogP contribution in [0.3, 0.4) is 0 Å². The molecule has 0 spiro atoms. The van der Waals surface area contributed by atoms with E-state index in [1.165, 1.54) is 0 Å². The van der Waals surface area contributed by atoms with Crippen LogP contribution in [0.2, 0.25) is 0 Å². The van der Waals surface area contributed by atoms with Gasteiger partial charge in [0.1, 0.15) is 5.75 Å². The van der Waals surface area contributed by atoms with Gasteiger partial charge in [0.2, 0.25) is 0 Å². The molecular weight excluding hydrogens is 318 g/mol. The van der Waals surface area contributed by atoms with Gasteiger partial charge in [-0.25, -0.2) is 4.79 Å². The van der Waals surface area contributed by atoms with Gasteiger partial charge in [-0.3, -0.25) is 0 Å². The van der Waals surface area contributed by atoms with Crippen LogP contribution in [-0.2, 0) is 11.2 Å². The van der Waals surface area contributed by atoms with Crippen LogP contribution in [0, 0.1) is 5.92 Å². The number of aromatic nitrogens is 1. The Morgan fingerprint density at radius 2 is 2.12 bits per heavy atom. The van der Waals surface area contributed by atoms with Crippen LogP contribution in [-0.4, -0.2) is 43.9 Å². The molecule has 0 aliphatic rings. The van der Waals surface area contributed by atoms with Gasteiger partial charge >= 0.3 is 6.03 Å². The molecule has 0 aliphatic heterocycles. The smallest absolute Gasteiger partial charge is 0.315 e. The maximum absolute atomic E-state index is 12.1. The van der Waals surface area contributed by atoms with E-state index in [1.54, 1.807) is 7.11 Å². The predicted molar refractivity (Wildman–Crippen MR) is 100 cm³/mol. The van der Waals surface area contributed by atoms with Crippen LogP contribution in [0.15, 0.2) is 24.4 Å². The van der Waals surface area contributed by atoms with Gasteiger partial charge in [0, 0.05) is 30.3 Å². The standard InChI is InChI=1S/C19H29N3O3/c1-5-25-12-16(13(2)3)22-19(23)20-10-9-14-11-21-15-7-6-8-17(24-4)18(14)15/h6-8,11,13,16,21H,5,9-10,12H2,1-4H3,(H2,20,22,23)/t16-/m1/s1. The van der Waals surface area contributed by atoms with Crippen molar-refractivity contribution in [3.63, 3.8) is 0 Å². The van der Waals surface area contributed by atoms with Crippen LogP contribution >= 0.6 is 0 Å². The normalized spacial score (nSPS) is 12.4. The summed E-state index contributed by atoms with van der Waals surface area (Å²) in [5.41, 5.74) is 2.16. The molecule has 1 heterocycles. The van der Waals surface area contributed by atoms with E-state index in [4.69, 9.17) is 9.47 Å². The molecule has 0 radical (unpaired) electrons. The van der Waals surface area contributed by atoms with Crippen molar-refractivity contribution < 1.29 is 14.3 Å². The van der Waals surface area contributed by atoms with Crippen LogP contribution in [0.4, 0.5) is 4.79 Å². The maximum Gasteiger partial charge on any atom is 0.315 e. The molecule has 0 bridgehead atoms. The minimum absolute atomic E-state index is 0.00753. The minimum Gasteiger partial charge on any atom is -0.496 e. The van der Waals surface area contributed by atoms with Gasteiger partial charge < -0.3 is 25.1 Å².